The summed E-state index contributed by atoms with van der Waals surface area (Å²) in [4.78, 5) is 11.7. The van der Waals surface area contributed by atoms with Crippen LogP contribution in [0.3, 0.4) is 0 Å². The molecule has 0 spiro atoms. The maximum Gasteiger partial charge on any atom is 0.338 e. The van der Waals surface area contributed by atoms with Crippen LogP contribution in [0.25, 0.3) is 0 Å². The van der Waals surface area contributed by atoms with Gasteiger partial charge in [-0.15, -0.1) is 0 Å². The van der Waals surface area contributed by atoms with Gasteiger partial charge >= 0.3 is 5.97 Å². The molecule has 4 nitrogen and oxygen atoms in total. The fourth-order valence-electron chi connectivity index (χ4n) is 2.00. The highest BCUT2D eigenvalue weighted by Gasteiger charge is 2.17. The summed E-state index contributed by atoms with van der Waals surface area (Å²) < 4.78 is 17.0. The monoisotopic (exact) mass is 480 g/mol. The number of hydrogen-bond acceptors (Lipinski definition) is 4. The van der Waals surface area contributed by atoms with E-state index in [1.165, 1.54) is 7.11 Å². The van der Waals surface area contributed by atoms with E-state index in [2.05, 4.69) is 22.6 Å². The number of carbonyl (C=O) groups is 1. The molecule has 0 amide bonds. The number of rotatable bonds is 6. The molecule has 0 unspecified atom stereocenters. The lowest BCUT2D eigenvalue weighted by Gasteiger charge is -2.15. The molecule has 2 aromatic carbocycles. The van der Waals surface area contributed by atoms with E-state index in [0.717, 1.165) is 9.13 Å². The van der Waals surface area contributed by atoms with Crippen LogP contribution < -0.4 is 9.47 Å². The minimum absolute atomic E-state index is 0.254. The smallest absolute Gasteiger partial charge is 0.338 e. The minimum Gasteiger partial charge on any atom is -0.490 e. The van der Waals surface area contributed by atoms with Crippen LogP contribution in [-0.4, -0.2) is 19.7 Å². The molecule has 0 aliphatic carbocycles. The minimum atomic E-state index is -0.429. The lowest BCUT2D eigenvalue weighted by atomic mass is 10.2. The molecule has 0 bridgehead atoms. The van der Waals surface area contributed by atoms with Crippen molar-refractivity contribution in [2.45, 2.75) is 13.5 Å². The molecular formula is C17H15Cl2IO4. The van der Waals surface area contributed by atoms with Gasteiger partial charge in [-0.2, -0.15) is 0 Å². The topological polar surface area (TPSA) is 44.8 Å². The second-order valence-corrected chi connectivity index (χ2v) is 6.74. The van der Waals surface area contributed by atoms with Crippen LogP contribution in [0.4, 0.5) is 0 Å². The molecule has 0 atom stereocenters. The van der Waals surface area contributed by atoms with Crippen molar-refractivity contribution in [2.24, 2.45) is 0 Å². The molecule has 2 rings (SSSR count). The van der Waals surface area contributed by atoms with Crippen molar-refractivity contribution in [1.82, 2.24) is 0 Å². The number of benzene rings is 2. The van der Waals surface area contributed by atoms with E-state index in [1.807, 2.05) is 6.92 Å². The van der Waals surface area contributed by atoms with Gasteiger partial charge in [0.05, 0.1) is 22.9 Å². The van der Waals surface area contributed by atoms with Crippen LogP contribution in [0.1, 0.15) is 22.8 Å². The number of esters is 1. The van der Waals surface area contributed by atoms with Crippen LogP contribution >= 0.6 is 45.8 Å². The third kappa shape index (κ3) is 4.68. The van der Waals surface area contributed by atoms with Crippen LogP contribution in [0.2, 0.25) is 10.0 Å². The Balaban J connectivity index is 2.29. The summed E-state index contributed by atoms with van der Waals surface area (Å²) in [5.74, 6) is 0.604. The first-order valence-electron chi connectivity index (χ1n) is 7.07. The van der Waals surface area contributed by atoms with Crippen molar-refractivity contribution >= 4 is 51.8 Å². The third-order valence-corrected chi connectivity index (χ3v) is 4.51. The Labute approximate surface area is 164 Å². The summed E-state index contributed by atoms with van der Waals surface area (Å²) in [5, 5.41) is 1.09. The van der Waals surface area contributed by atoms with E-state index in [-0.39, 0.29) is 6.61 Å². The van der Waals surface area contributed by atoms with Crippen molar-refractivity contribution in [3.63, 3.8) is 0 Å². The second-order valence-electron chi connectivity index (χ2n) is 4.73. The summed E-state index contributed by atoms with van der Waals surface area (Å²) in [5.41, 5.74) is 1.21. The standard InChI is InChI=1S/C17H15Cl2IO4/c1-3-23-15-7-11(17(21)22-2)6-14(20)16(15)24-9-10-4-5-12(18)8-13(10)19/h4-8H,3,9H2,1-2H3. The van der Waals surface area contributed by atoms with Gasteiger partial charge in [0, 0.05) is 15.6 Å². The van der Waals surface area contributed by atoms with Crippen molar-refractivity contribution in [3.8, 4) is 11.5 Å². The normalized spacial score (nSPS) is 10.4. The molecule has 0 saturated heterocycles. The van der Waals surface area contributed by atoms with Gasteiger partial charge in [0.25, 0.3) is 0 Å². The van der Waals surface area contributed by atoms with E-state index < -0.39 is 5.97 Å². The molecule has 0 N–H and O–H groups in total. The number of methoxy groups -OCH3 is 1. The van der Waals surface area contributed by atoms with Crippen molar-refractivity contribution in [1.29, 1.82) is 0 Å². The van der Waals surface area contributed by atoms with Crippen LogP contribution in [-0.2, 0) is 11.3 Å². The number of carbonyl (C=O) groups excluding carboxylic acids is 1. The van der Waals surface area contributed by atoms with Crippen LogP contribution in [0.15, 0.2) is 30.3 Å². The second kappa shape index (κ2) is 8.78. The zero-order valence-corrected chi connectivity index (χ0v) is 16.7. The van der Waals surface area contributed by atoms with Crippen molar-refractivity contribution in [3.05, 3.63) is 55.1 Å². The molecule has 0 aromatic heterocycles. The van der Waals surface area contributed by atoms with Crippen molar-refractivity contribution in [2.75, 3.05) is 13.7 Å². The van der Waals surface area contributed by atoms with E-state index in [1.54, 1.807) is 30.3 Å². The molecule has 128 valence electrons. The van der Waals surface area contributed by atoms with Gasteiger partial charge in [-0.1, -0.05) is 29.3 Å². The highest BCUT2D eigenvalue weighted by Crippen LogP contribution is 2.35. The Morgan fingerprint density at radius 1 is 1.17 bits per heavy atom. The molecule has 0 radical (unpaired) electrons. The summed E-state index contributed by atoms with van der Waals surface area (Å²) in [6, 6.07) is 8.52. The number of ether oxygens (including phenoxy) is 3. The average Bonchev–Trinajstić information content (AvgIpc) is 2.55. The Kier molecular flexibility index (Phi) is 7.01. The maximum atomic E-state index is 11.7. The Hall–Kier alpha value is -1.18. The molecule has 0 aliphatic rings. The highest BCUT2D eigenvalue weighted by molar-refractivity contribution is 14.1. The van der Waals surface area contributed by atoms with Gasteiger partial charge in [-0.05, 0) is 53.8 Å². The summed E-state index contributed by atoms with van der Waals surface area (Å²) in [6.07, 6.45) is 0. The van der Waals surface area contributed by atoms with Gasteiger partial charge in [-0.3, -0.25) is 0 Å². The van der Waals surface area contributed by atoms with Crippen LogP contribution in [0, 0.1) is 3.57 Å². The Morgan fingerprint density at radius 2 is 1.92 bits per heavy atom. The molecule has 0 aliphatic heterocycles. The Bertz CT molecular complexity index is 750. The Morgan fingerprint density at radius 3 is 2.54 bits per heavy atom. The highest BCUT2D eigenvalue weighted by atomic mass is 127. The number of halogens is 3. The summed E-state index contributed by atoms with van der Waals surface area (Å²) in [6.45, 7) is 2.56. The van der Waals surface area contributed by atoms with E-state index in [0.29, 0.717) is 33.7 Å². The summed E-state index contributed by atoms with van der Waals surface area (Å²) >= 11 is 14.2. The van der Waals surface area contributed by atoms with Gasteiger partial charge in [0.1, 0.15) is 6.61 Å². The van der Waals surface area contributed by atoms with Gasteiger partial charge in [0.2, 0.25) is 0 Å². The molecule has 2 aromatic rings. The van der Waals surface area contributed by atoms with Gasteiger partial charge in [-0.25, -0.2) is 4.79 Å². The first kappa shape index (κ1) is 19.1. The van der Waals surface area contributed by atoms with E-state index in [9.17, 15) is 4.79 Å². The van der Waals surface area contributed by atoms with E-state index in [4.69, 9.17) is 37.4 Å². The quantitative estimate of drug-likeness (QED) is 0.412. The zero-order chi connectivity index (χ0) is 17.7. The fraction of sp³-hybridized carbons (Fsp3) is 0.235. The molecule has 0 heterocycles. The van der Waals surface area contributed by atoms with Crippen molar-refractivity contribution < 1.29 is 19.0 Å². The van der Waals surface area contributed by atoms with Gasteiger partial charge < -0.3 is 14.2 Å². The first-order chi connectivity index (χ1) is 11.5. The molecule has 24 heavy (non-hydrogen) atoms. The zero-order valence-electron chi connectivity index (χ0n) is 13.1. The first-order valence-corrected chi connectivity index (χ1v) is 8.91. The predicted octanol–water partition coefficient (Wildman–Crippen LogP) is 5.36. The van der Waals surface area contributed by atoms with E-state index >= 15 is 0 Å². The number of hydrogen-bond donors (Lipinski definition) is 0. The SMILES string of the molecule is CCOc1cc(C(=O)OC)cc(I)c1OCc1ccc(Cl)cc1Cl. The predicted molar refractivity (Wildman–Crippen MR) is 102 cm³/mol. The lowest BCUT2D eigenvalue weighted by Crippen LogP contribution is -2.06. The van der Waals surface area contributed by atoms with Crippen LogP contribution in [0.5, 0.6) is 11.5 Å². The molecular weight excluding hydrogens is 466 g/mol. The molecule has 0 saturated carbocycles. The third-order valence-electron chi connectivity index (χ3n) is 3.12. The largest absolute Gasteiger partial charge is 0.490 e. The average molecular weight is 481 g/mol. The molecule has 0 fully saturated rings. The summed E-state index contributed by atoms with van der Waals surface area (Å²) in [7, 11) is 1.34. The van der Waals surface area contributed by atoms with Gasteiger partial charge in [0.15, 0.2) is 11.5 Å². The maximum absolute atomic E-state index is 11.7. The fourth-order valence-corrected chi connectivity index (χ4v) is 3.22. The molecule has 7 heteroatoms. The lowest BCUT2D eigenvalue weighted by molar-refractivity contribution is 0.0600.